The molecule has 154 valence electrons. The molecule has 1 fully saturated rings. The third-order valence-electron chi connectivity index (χ3n) is 4.87. The number of aromatic amines is 1. The second kappa shape index (κ2) is 8.17. The Morgan fingerprint density at radius 1 is 1.24 bits per heavy atom. The fourth-order valence-electron chi connectivity index (χ4n) is 3.21. The second-order valence-corrected chi connectivity index (χ2v) is 7.59. The largest absolute Gasteiger partial charge is 0.301 e. The molecule has 0 aliphatic heterocycles. The summed E-state index contributed by atoms with van der Waals surface area (Å²) in [5.41, 5.74) is -0.654. The van der Waals surface area contributed by atoms with Gasteiger partial charge in [-0.3, -0.25) is 14.7 Å². The molecule has 0 unspecified atom stereocenters. The van der Waals surface area contributed by atoms with E-state index in [0.29, 0.717) is 5.01 Å². The number of carbonyl (C=O) groups excluding carboxylic acids is 2. The van der Waals surface area contributed by atoms with Crippen LogP contribution in [0.15, 0.2) is 24.4 Å². The number of hydrazine groups is 1. The van der Waals surface area contributed by atoms with Gasteiger partial charge in [0.1, 0.15) is 11.4 Å². The van der Waals surface area contributed by atoms with Gasteiger partial charge in [-0.15, -0.1) is 0 Å². The minimum absolute atomic E-state index is 0.0293. The highest BCUT2D eigenvalue weighted by Crippen LogP contribution is 2.37. The van der Waals surface area contributed by atoms with Gasteiger partial charge < -0.3 is 5.41 Å². The number of rotatable bonds is 5. The predicted molar refractivity (Wildman–Crippen MR) is 105 cm³/mol. The molecule has 11 heteroatoms. The molecular formula is C18H17Cl2F2N5O2. The summed E-state index contributed by atoms with van der Waals surface area (Å²) in [7, 11) is 0. The van der Waals surface area contributed by atoms with E-state index in [0.717, 1.165) is 6.20 Å². The first-order valence-corrected chi connectivity index (χ1v) is 9.45. The third-order valence-corrected chi connectivity index (χ3v) is 5.50. The van der Waals surface area contributed by atoms with E-state index in [-0.39, 0.29) is 58.4 Å². The number of amides is 1. The van der Waals surface area contributed by atoms with Gasteiger partial charge >= 0.3 is 0 Å². The number of hydrogen-bond donors (Lipinski definition) is 3. The second-order valence-electron chi connectivity index (χ2n) is 6.78. The molecule has 1 amide bonds. The maximum atomic E-state index is 13.3. The lowest BCUT2D eigenvalue weighted by Gasteiger charge is -2.28. The van der Waals surface area contributed by atoms with Crippen LogP contribution < -0.4 is 10.9 Å². The average Bonchev–Trinajstić information content (AvgIpc) is 3.15. The van der Waals surface area contributed by atoms with Crippen LogP contribution in [-0.2, 0) is 0 Å². The SMILES string of the molecule is N=C(C(=O)c1[nH]ncc1N(N)C(=O)c1c(Cl)cccc1Cl)C1CCC(F)(F)CC1. The molecular weight excluding hydrogens is 427 g/mol. The van der Waals surface area contributed by atoms with Crippen LogP contribution >= 0.6 is 23.2 Å². The fraction of sp³-hybridized carbons (Fsp3) is 0.333. The highest BCUT2D eigenvalue weighted by Gasteiger charge is 2.38. The van der Waals surface area contributed by atoms with E-state index in [9.17, 15) is 18.4 Å². The van der Waals surface area contributed by atoms with Crippen LogP contribution in [0.4, 0.5) is 14.5 Å². The maximum Gasteiger partial charge on any atom is 0.275 e. The van der Waals surface area contributed by atoms with Crippen LogP contribution in [0, 0.1) is 11.3 Å². The van der Waals surface area contributed by atoms with E-state index in [4.69, 9.17) is 34.5 Å². The summed E-state index contributed by atoms with van der Waals surface area (Å²) in [6.07, 6.45) is 0.451. The van der Waals surface area contributed by atoms with E-state index >= 15 is 0 Å². The van der Waals surface area contributed by atoms with Gasteiger partial charge in [0.2, 0.25) is 11.7 Å². The number of hydrogen-bond acceptors (Lipinski definition) is 5. The number of nitrogens with one attached hydrogen (secondary N) is 2. The van der Waals surface area contributed by atoms with Crippen molar-refractivity contribution in [3.8, 4) is 0 Å². The number of anilines is 1. The lowest BCUT2D eigenvalue weighted by molar-refractivity contribution is -0.0394. The van der Waals surface area contributed by atoms with Crippen LogP contribution in [0.5, 0.6) is 0 Å². The van der Waals surface area contributed by atoms with Crippen molar-refractivity contribution < 1.29 is 18.4 Å². The normalized spacial score (nSPS) is 16.4. The summed E-state index contributed by atoms with van der Waals surface area (Å²) in [5.74, 6) is 0.980. The molecule has 1 heterocycles. The monoisotopic (exact) mass is 443 g/mol. The van der Waals surface area contributed by atoms with Crippen LogP contribution in [0.2, 0.25) is 10.0 Å². The number of carbonyl (C=O) groups is 2. The molecule has 1 aliphatic carbocycles. The summed E-state index contributed by atoms with van der Waals surface area (Å²) in [4.78, 5) is 25.5. The van der Waals surface area contributed by atoms with Gasteiger partial charge in [-0.2, -0.15) is 5.10 Å². The Morgan fingerprint density at radius 2 is 1.83 bits per heavy atom. The number of aromatic nitrogens is 2. The first-order valence-electron chi connectivity index (χ1n) is 8.70. The molecule has 1 aliphatic rings. The van der Waals surface area contributed by atoms with E-state index in [2.05, 4.69) is 10.2 Å². The standard InChI is InChI=1S/C18H17Cl2F2N5O2/c19-10-2-1-3-11(20)13(10)17(29)27(24)12-8-25-26-15(12)16(28)14(23)9-4-6-18(21,22)7-5-9/h1-3,8-9,23H,4-7,24H2,(H,25,26). The summed E-state index contributed by atoms with van der Waals surface area (Å²) < 4.78 is 26.7. The lowest BCUT2D eigenvalue weighted by atomic mass is 9.82. The zero-order valence-electron chi connectivity index (χ0n) is 15.0. The highest BCUT2D eigenvalue weighted by molar-refractivity contribution is 6.46. The molecule has 2 aromatic rings. The summed E-state index contributed by atoms with van der Waals surface area (Å²) in [6, 6.07) is 4.49. The topological polar surface area (TPSA) is 116 Å². The minimum atomic E-state index is -2.77. The molecule has 4 N–H and O–H groups in total. The molecule has 1 aromatic carbocycles. The fourth-order valence-corrected chi connectivity index (χ4v) is 3.77. The molecule has 1 aromatic heterocycles. The molecule has 0 radical (unpaired) electrons. The van der Waals surface area contributed by atoms with Crippen molar-refractivity contribution in [1.82, 2.24) is 10.2 Å². The summed E-state index contributed by atoms with van der Waals surface area (Å²) >= 11 is 12.1. The van der Waals surface area contributed by atoms with Gasteiger partial charge in [0, 0.05) is 18.8 Å². The van der Waals surface area contributed by atoms with Crippen LogP contribution in [0.3, 0.4) is 0 Å². The Hall–Kier alpha value is -2.36. The van der Waals surface area contributed by atoms with Crippen LogP contribution in [-0.4, -0.2) is 33.5 Å². The van der Waals surface area contributed by atoms with Crippen molar-refractivity contribution in [2.75, 3.05) is 5.01 Å². The molecule has 29 heavy (non-hydrogen) atoms. The Labute approximate surface area is 174 Å². The minimum Gasteiger partial charge on any atom is -0.301 e. The number of Topliss-reactive ketones (excluding diaryl/α,β-unsaturated/α-hetero) is 1. The van der Waals surface area contributed by atoms with Crippen molar-refractivity contribution in [1.29, 1.82) is 5.41 Å². The molecule has 0 bridgehead atoms. The number of nitrogens with two attached hydrogens (primary N) is 1. The molecule has 1 saturated carbocycles. The predicted octanol–water partition coefficient (Wildman–Crippen LogP) is 4.26. The Bertz CT molecular complexity index is 949. The Morgan fingerprint density at radius 3 is 2.41 bits per heavy atom. The van der Waals surface area contributed by atoms with E-state index in [1.807, 2.05) is 0 Å². The van der Waals surface area contributed by atoms with Crippen molar-refractivity contribution >= 4 is 46.3 Å². The third kappa shape index (κ3) is 4.31. The van der Waals surface area contributed by atoms with Crippen LogP contribution in [0.25, 0.3) is 0 Å². The van der Waals surface area contributed by atoms with Crippen molar-refractivity contribution in [2.45, 2.75) is 31.6 Å². The number of H-pyrrole nitrogens is 1. The number of ketones is 1. The van der Waals surface area contributed by atoms with E-state index < -0.39 is 23.5 Å². The number of nitrogens with zero attached hydrogens (tertiary/aromatic N) is 2. The summed E-state index contributed by atoms with van der Waals surface area (Å²) in [6.45, 7) is 0. The van der Waals surface area contributed by atoms with E-state index in [1.54, 1.807) is 6.07 Å². The first kappa shape index (κ1) is 21.4. The highest BCUT2D eigenvalue weighted by atomic mass is 35.5. The number of halogens is 4. The lowest BCUT2D eigenvalue weighted by Crippen LogP contribution is -2.39. The molecule has 0 atom stereocenters. The Balaban J connectivity index is 1.82. The van der Waals surface area contributed by atoms with Crippen molar-refractivity contribution in [2.24, 2.45) is 11.8 Å². The zero-order valence-corrected chi connectivity index (χ0v) is 16.5. The van der Waals surface area contributed by atoms with Gasteiger partial charge in [0.25, 0.3) is 5.91 Å². The first-order chi connectivity index (χ1) is 13.6. The number of benzene rings is 1. The molecule has 0 spiro atoms. The number of alkyl halides is 2. The van der Waals surface area contributed by atoms with Gasteiger partial charge in [0.15, 0.2) is 0 Å². The van der Waals surface area contributed by atoms with E-state index in [1.165, 1.54) is 12.1 Å². The van der Waals surface area contributed by atoms with Crippen LogP contribution in [0.1, 0.15) is 46.5 Å². The van der Waals surface area contributed by atoms with Crippen molar-refractivity contribution in [3.05, 3.63) is 45.7 Å². The molecule has 0 saturated heterocycles. The van der Waals surface area contributed by atoms with Crippen molar-refractivity contribution in [3.63, 3.8) is 0 Å². The van der Waals surface area contributed by atoms with Gasteiger partial charge in [0.05, 0.1) is 27.5 Å². The average molecular weight is 444 g/mol. The zero-order chi connectivity index (χ0) is 21.3. The summed E-state index contributed by atoms with van der Waals surface area (Å²) in [5, 5.41) is 15.1. The Kier molecular flexibility index (Phi) is 6.02. The quantitative estimate of drug-likeness (QED) is 0.210. The van der Waals surface area contributed by atoms with Gasteiger partial charge in [-0.05, 0) is 25.0 Å². The molecule has 3 rings (SSSR count). The van der Waals surface area contributed by atoms with Gasteiger partial charge in [-0.1, -0.05) is 29.3 Å². The van der Waals surface area contributed by atoms with Gasteiger partial charge in [-0.25, -0.2) is 19.6 Å². The maximum absolute atomic E-state index is 13.3. The molecule has 7 nitrogen and oxygen atoms in total. The smallest absolute Gasteiger partial charge is 0.275 e.